The molecule has 0 unspecified atom stereocenters. The molecule has 2 aromatic rings. The highest BCUT2D eigenvalue weighted by Crippen LogP contribution is 2.31. The molecule has 0 aliphatic carbocycles. The number of rotatable bonds is 5. The normalized spacial score (nSPS) is 10.3. The van der Waals surface area contributed by atoms with Gasteiger partial charge in [0.05, 0.1) is 0 Å². The molecule has 0 aliphatic rings. The largest absolute Gasteiger partial charge is 0.456 e. The highest BCUT2D eigenvalue weighted by Gasteiger charge is 2.03. The average molecular weight is 259 g/mol. The van der Waals surface area contributed by atoms with E-state index < -0.39 is 0 Å². The molecule has 0 aliphatic heterocycles. The molecule has 2 nitrogen and oxygen atoms in total. The summed E-state index contributed by atoms with van der Waals surface area (Å²) in [7, 11) is 1.94. The SMILES string of the molecule is CNCc1ccc(Oc2ccccc2SC)cc1. The number of hydrogen-bond donors (Lipinski definition) is 1. The van der Waals surface area contributed by atoms with Gasteiger partial charge in [-0.05, 0) is 43.1 Å². The Bertz CT molecular complexity index is 496. The van der Waals surface area contributed by atoms with Crippen LogP contribution in [0, 0.1) is 0 Å². The molecule has 0 atom stereocenters. The Morgan fingerprint density at radius 1 is 1.06 bits per heavy atom. The summed E-state index contributed by atoms with van der Waals surface area (Å²) in [6, 6.07) is 16.2. The lowest BCUT2D eigenvalue weighted by atomic mass is 10.2. The number of benzene rings is 2. The standard InChI is InChI=1S/C15H17NOS/c1-16-11-12-7-9-13(10-8-12)17-14-5-3-4-6-15(14)18-2/h3-10,16H,11H2,1-2H3. The topological polar surface area (TPSA) is 21.3 Å². The molecule has 0 spiro atoms. The molecule has 94 valence electrons. The fourth-order valence-electron chi connectivity index (χ4n) is 1.71. The van der Waals surface area contributed by atoms with Crippen LogP contribution < -0.4 is 10.1 Å². The van der Waals surface area contributed by atoms with Crippen LogP contribution in [0.3, 0.4) is 0 Å². The molecule has 2 rings (SSSR count). The Labute approximate surface area is 112 Å². The summed E-state index contributed by atoms with van der Waals surface area (Å²) in [6.45, 7) is 0.877. The van der Waals surface area contributed by atoms with Gasteiger partial charge in [-0.2, -0.15) is 0 Å². The van der Waals surface area contributed by atoms with Crippen molar-refractivity contribution in [2.45, 2.75) is 11.4 Å². The van der Waals surface area contributed by atoms with Crippen molar-refractivity contribution < 1.29 is 4.74 Å². The van der Waals surface area contributed by atoms with Crippen molar-refractivity contribution in [1.82, 2.24) is 5.32 Å². The number of hydrogen-bond acceptors (Lipinski definition) is 3. The second kappa shape index (κ2) is 6.47. The minimum absolute atomic E-state index is 0.872. The first-order valence-electron chi connectivity index (χ1n) is 5.88. The first kappa shape index (κ1) is 13.0. The molecule has 2 aromatic carbocycles. The minimum Gasteiger partial charge on any atom is -0.456 e. The van der Waals surface area contributed by atoms with E-state index in [4.69, 9.17) is 4.74 Å². The van der Waals surface area contributed by atoms with Crippen LogP contribution >= 0.6 is 11.8 Å². The van der Waals surface area contributed by atoms with Crippen LogP contribution in [0.1, 0.15) is 5.56 Å². The van der Waals surface area contributed by atoms with Gasteiger partial charge in [0.2, 0.25) is 0 Å². The van der Waals surface area contributed by atoms with Crippen LogP contribution in [-0.4, -0.2) is 13.3 Å². The van der Waals surface area contributed by atoms with Gasteiger partial charge in [0.15, 0.2) is 0 Å². The van der Waals surface area contributed by atoms with E-state index in [2.05, 4.69) is 29.8 Å². The molecular formula is C15H17NOS. The summed E-state index contributed by atoms with van der Waals surface area (Å²) in [5.41, 5.74) is 1.25. The van der Waals surface area contributed by atoms with Gasteiger partial charge in [-0.1, -0.05) is 24.3 Å². The Morgan fingerprint density at radius 2 is 1.78 bits per heavy atom. The molecule has 0 saturated heterocycles. The van der Waals surface area contributed by atoms with Gasteiger partial charge < -0.3 is 10.1 Å². The number of nitrogens with one attached hydrogen (secondary N) is 1. The maximum Gasteiger partial charge on any atom is 0.140 e. The van der Waals surface area contributed by atoms with E-state index in [0.29, 0.717) is 0 Å². The van der Waals surface area contributed by atoms with E-state index in [1.165, 1.54) is 5.56 Å². The van der Waals surface area contributed by atoms with Gasteiger partial charge in [0.25, 0.3) is 0 Å². The summed E-state index contributed by atoms with van der Waals surface area (Å²) in [6.07, 6.45) is 2.05. The van der Waals surface area contributed by atoms with Crippen molar-refractivity contribution in [1.29, 1.82) is 0 Å². The summed E-state index contributed by atoms with van der Waals surface area (Å²) < 4.78 is 5.89. The molecular weight excluding hydrogens is 242 g/mol. The van der Waals surface area contributed by atoms with Gasteiger partial charge in [-0.15, -0.1) is 11.8 Å². The number of para-hydroxylation sites is 1. The second-order valence-corrected chi connectivity index (χ2v) is 4.78. The van der Waals surface area contributed by atoms with Crippen molar-refractivity contribution in [3.05, 3.63) is 54.1 Å². The van der Waals surface area contributed by atoms with Crippen LogP contribution in [0.5, 0.6) is 11.5 Å². The van der Waals surface area contributed by atoms with Gasteiger partial charge >= 0.3 is 0 Å². The van der Waals surface area contributed by atoms with E-state index in [1.807, 2.05) is 37.4 Å². The first-order valence-corrected chi connectivity index (χ1v) is 7.10. The van der Waals surface area contributed by atoms with E-state index in [0.717, 1.165) is 22.9 Å². The maximum atomic E-state index is 5.89. The Balaban J connectivity index is 2.13. The highest BCUT2D eigenvalue weighted by molar-refractivity contribution is 7.98. The monoisotopic (exact) mass is 259 g/mol. The number of ether oxygens (including phenoxy) is 1. The zero-order valence-electron chi connectivity index (χ0n) is 10.6. The highest BCUT2D eigenvalue weighted by atomic mass is 32.2. The molecule has 0 amide bonds. The quantitative estimate of drug-likeness (QED) is 0.822. The molecule has 0 radical (unpaired) electrons. The lowest BCUT2D eigenvalue weighted by Gasteiger charge is -2.09. The lowest BCUT2D eigenvalue weighted by Crippen LogP contribution is -2.04. The number of thioether (sulfide) groups is 1. The second-order valence-electron chi connectivity index (χ2n) is 3.93. The van der Waals surface area contributed by atoms with Gasteiger partial charge in [0, 0.05) is 11.4 Å². The minimum atomic E-state index is 0.872. The van der Waals surface area contributed by atoms with Crippen molar-refractivity contribution in [2.24, 2.45) is 0 Å². The first-order chi connectivity index (χ1) is 8.83. The zero-order valence-corrected chi connectivity index (χ0v) is 11.5. The molecule has 0 aromatic heterocycles. The predicted molar refractivity (Wildman–Crippen MR) is 77.5 cm³/mol. The maximum absolute atomic E-state index is 5.89. The summed E-state index contributed by atoms with van der Waals surface area (Å²) in [5, 5.41) is 3.13. The summed E-state index contributed by atoms with van der Waals surface area (Å²) in [4.78, 5) is 1.15. The van der Waals surface area contributed by atoms with Crippen LogP contribution in [0.2, 0.25) is 0 Å². The Hall–Kier alpha value is -1.45. The Kier molecular flexibility index (Phi) is 4.67. The van der Waals surface area contributed by atoms with E-state index in [1.54, 1.807) is 11.8 Å². The van der Waals surface area contributed by atoms with Crippen LogP contribution in [0.15, 0.2) is 53.4 Å². The lowest BCUT2D eigenvalue weighted by molar-refractivity contribution is 0.471. The van der Waals surface area contributed by atoms with Crippen LogP contribution in [0.4, 0.5) is 0 Å². The molecule has 0 saturated carbocycles. The molecule has 0 fully saturated rings. The molecule has 1 N–H and O–H groups in total. The molecule has 0 heterocycles. The van der Waals surface area contributed by atoms with Crippen molar-refractivity contribution >= 4 is 11.8 Å². The van der Waals surface area contributed by atoms with Crippen LogP contribution in [0.25, 0.3) is 0 Å². The van der Waals surface area contributed by atoms with Crippen LogP contribution in [-0.2, 0) is 6.54 Å². The third-order valence-electron chi connectivity index (χ3n) is 2.60. The van der Waals surface area contributed by atoms with Crippen molar-refractivity contribution in [3.8, 4) is 11.5 Å². The molecule has 3 heteroatoms. The average Bonchev–Trinajstić information content (AvgIpc) is 2.42. The Morgan fingerprint density at radius 3 is 2.44 bits per heavy atom. The van der Waals surface area contributed by atoms with Gasteiger partial charge in [-0.3, -0.25) is 0 Å². The smallest absolute Gasteiger partial charge is 0.140 e. The van der Waals surface area contributed by atoms with Crippen molar-refractivity contribution in [3.63, 3.8) is 0 Å². The molecule has 18 heavy (non-hydrogen) atoms. The molecule has 0 bridgehead atoms. The third-order valence-corrected chi connectivity index (χ3v) is 3.38. The summed E-state index contributed by atoms with van der Waals surface area (Å²) in [5.74, 6) is 1.78. The third kappa shape index (κ3) is 3.28. The van der Waals surface area contributed by atoms with Gasteiger partial charge in [-0.25, -0.2) is 0 Å². The fourth-order valence-corrected chi connectivity index (χ4v) is 2.24. The van der Waals surface area contributed by atoms with E-state index in [-0.39, 0.29) is 0 Å². The predicted octanol–water partition coefficient (Wildman–Crippen LogP) is 3.92. The zero-order chi connectivity index (χ0) is 12.8. The summed E-state index contributed by atoms with van der Waals surface area (Å²) >= 11 is 1.69. The fraction of sp³-hybridized carbons (Fsp3) is 0.200. The van der Waals surface area contributed by atoms with Gasteiger partial charge in [0.1, 0.15) is 11.5 Å². The van der Waals surface area contributed by atoms with E-state index in [9.17, 15) is 0 Å². The van der Waals surface area contributed by atoms with E-state index >= 15 is 0 Å². The van der Waals surface area contributed by atoms with Crippen molar-refractivity contribution in [2.75, 3.05) is 13.3 Å².